The molecule has 5 rings (SSSR count). The lowest BCUT2D eigenvalue weighted by molar-refractivity contribution is -0.124. The number of hydrogen-bond acceptors (Lipinski definition) is 8. The number of hydrogen-bond donors (Lipinski definition) is 1. The highest BCUT2D eigenvalue weighted by molar-refractivity contribution is 6.04. The average Bonchev–Trinajstić information content (AvgIpc) is 3.53. The molecule has 1 N–H and O–H groups in total. The monoisotopic (exact) mass is 450 g/mol. The number of rotatable bonds is 5. The Morgan fingerprint density at radius 2 is 2.15 bits per heavy atom. The van der Waals surface area contributed by atoms with Gasteiger partial charge in [-0.3, -0.25) is 4.79 Å². The molecule has 3 heterocycles. The van der Waals surface area contributed by atoms with Gasteiger partial charge in [-0.15, -0.1) is 0 Å². The van der Waals surface area contributed by atoms with E-state index in [0.29, 0.717) is 28.5 Å². The molecule has 3 aromatic heterocycles. The molecule has 2 saturated carbocycles. The van der Waals surface area contributed by atoms with Gasteiger partial charge in [0.2, 0.25) is 0 Å². The second-order valence-corrected chi connectivity index (χ2v) is 9.64. The quantitative estimate of drug-likeness (QED) is 0.455. The molecule has 0 aliphatic heterocycles. The fourth-order valence-electron chi connectivity index (χ4n) is 5.27. The number of carbonyl (C=O) groups is 2. The van der Waals surface area contributed by atoms with Crippen molar-refractivity contribution < 1.29 is 23.3 Å². The lowest BCUT2D eigenvalue weighted by Gasteiger charge is -2.34. The number of nitrogens with zero attached hydrogens (tertiary/aromatic N) is 3. The molecule has 172 valence electrons. The predicted molar refractivity (Wildman–Crippen MR) is 119 cm³/mol. The third kappa shape index (κ3) is 3.34. The van der Waals surface area contributed by atoms with Crippen molar-refractivity contribution in [3.8, 4) is 11.5 Å². The molecule has 2 bridgehead atoms. The minimum Gasteiger partial charge on any atom is -0.463 e. The molecule has 0 aromatic carbocycles. The standard InChI is InChI=1S/C24H26N4O5/c1-13-20-15(11-16(17-6-5-9-31-17)25-21(20)33-28-13)22(30)32-12-19(29)27-26-18-10-14-7-8-24(18,4)23(14,2)3/h5-6,9,11,14H,7-8,10,12H2,1-4H3,(H,27,29)/b26-18+. The van der Waals surface area contributed by atoms with Gasteiger partial charge in [0, 0.05) is 11.1 Å². The molecule has 33 heavy (non-hydrogen) atoms. The van der Waals surface area contributed by atoms with E-state index in [2.05, 4.69) is 41.4 Å². The number of fused-ring (bicyclic) bond motifs is 3. The zero-order valence-electron chi connectivity index (χ0n) is 19.1. The Morgan fingerprint density at radius 1 is 1.33 bits per heavy atom. The molecule has 9 heteroatoms. The largest absolute Gasteiger partial charge is 0.463 e. The van der Waals surface area contributed by atoms with Crippen LogP contribution in [0.15, 0.2) is 38.5 Å². The Bertz CT molecular complexity index is 1270. The first-order valence-corrected chi connectivity index (χ1v) is 11.0. The number of pyridine rings is 1. The van der Waals surface area contributed by atoms with E-state index in [4.69, 9.17) is 13.7 Å². The molecule has 0 saturated heterocycles. The van der Waals surface area contributed by atoms with Crippen LogP contribution < -0.4 is 5.43 Å². The van der Waals surface area contributed by atoms with Crippen LogP contribution in [-0.2, 0) is 9.53 Å². The second kappa shape index (κ2) is 7.54. The summed E-state index contributed by atoms with van der Waals surface area (Å²) >= 11 is 0. The van der Waals surface area contributed by atoms with Gasteiger partial charge < -0.3 is 13.7 Å². The van der Waals surface area contributed by atoms with Crippen molar-refractivity contribution in [1.82, 2.24) is 15.6 Å². The Balaban J connectivity index is 1.30. The number of carbonyl (C=O) groups excluding carboxylic acids is 2. The smallest absolute Gasteiger partial charge is 0.339 e. The number of esters is 1. The average molecular weight is 450 g/mol. The lowest BCUT2D eigenvalue weighted by Crippen LogP contribution is -2.34. The van der Waals surface area contributed by atoms with Crippen LogP contribution in [0.3, 0.4) is 0 Å². The second-order valence-electron chi connectivity index (χ2n) is 9.64. The first kappa shape index (κ1) is 21.4. The fraction of sp³-hybridized carbons (Fsp3) is 0.458. The molecular weight excluding hydrogens is 424 g/mol. The van der Waals surface area contributed by atoms with Crippen molar-refractivity contribution in [2.24, 2.45) is 21.8 Å². The van der Waals surface area contributed by atoms with Gasteiger partial charge in [0.25, 0.3) is 11.6 Å². The zero-order chi connectivity index (χ0) is 23.4. The molecular formula is C24H26N4O5. The summed E-state index contributed by atoms with van der Waals surface area (Å²) in [6.45, 7) is 8.02. The summed E-state index contributed by atoms with van der Waals surface area (Å²) < 4.78 is 15.9. The van der Waals surface area contributed by atoms with Crippen LogP contribution >= 0.6 is 0 Å². The maximum Gasteiger partial charge on any atom is 0.339 e. The summed E-state index contributed by atoms with van der Waals surface area (Å²) in [6, 6.07) is 4.98. The SMILES string of the molecule is Cc1noc2nc(-c3ccco3)cc(C(=O)OCC(=O)N/N=C3\CC4CCC3(C)C4(C)C)c12. The molecule has 2 unspecified atom stereocenters. The predicted octanol–water partition coefficient (Wildman–Crippen LogP) is 4.27. The summed E-state index contributed by atoms with van der Waals surface area (Å²) in [7, 11) is 0. The highest BCUT2D eigenvalue weighted by atomic mass is 16.5. The van der Waals surface area contributed by atoms with Gasteiger partial charge in [0.05, 0.1) is 22.9 Å². The summed E-state index contributed by atoms with van der Waals surface area (Å²) in [4.78, 5) is 29.6. The first-order valence-electron chi connectivity index (χ1n) is 11.0. The molecule has 9 nitrogen and oxygen atoms in total. The van der Waals surface area contributed by atoms with Crippen molar-refractivity contribution >= 4 is 28.7 Å². The highest BCUT2D eigenvalue weighted by Crippen LogP contribution is 2.63. The molecule has 2 fully saturated rings. The zero-order valence-corrected chi connectivity index (χ0v) is 19.1. The minimum atomic E-state index is -0.683. The van der Waals surface area contributed by atoms with Crippen LogP contribution in [0.2, 0.25) is 0 Å². The Labute approximate surface area is 190 Å². The van der Waals surface area contributed by atoms with Crippen molar-refractivity contribution in [3.05, 3.63) is 35.7 Å². The van der Waals surface area contributed by atoms with Crippen molar-refractivity contribution in [2.75, 3.05) is 6.61 Å². The van der Waals surface area contributed by atoms with E-state index in [1.165, 1.54) is 12.7 Å². The van der Waals surface area contributed by atoms with E-state index < -0.39 is 18.5 Å². The lowest BCUT2D eigenvalue weighted by atomic mass is 9.70. The molecule has 0 spiro atoms. The normalized spacial score (nSPS) is 24.5. The molecule has 3 aromatic rings. The van der Waals surface area contributed by atoms with Gasteiger partial charge in [-0.05, 0) is 55.7 Å². The molecule has 0 radical (unpaired) electrons. The number of nitrogens with one attached hydrogen (secondary N) is 1. The number of ether oxygens (including phenoxy) is 1. The van der Waals surface area contributed by atoms with Gasteiger partial charge in [-0.25, -0.2) is 15.2 Å². The third-order valence-electron chi connectivity index (χ3n) is 7.77. The molecule has 2 aliphatic rings. The van der Waals surface area contributed by atoms with Crippen LogP contribution in [0, 0.1) is 23.7 Å². The van der Waals surface area contributed by atoms with Gasteiger partial charge in [0.1, 0.15) is 5.69 Å². The van der Waals surface area contributed by atoms with Crippen LogP contribution in [0.5, 0.6) is 0 Å². The highest BCUT2D eigenvalue weighted by Gasteiger charge is 2.60. The molecule has 1 amide bonds. The van der Waals surface area contributed by atoms with E-state index in [-0.39, 0.29) is 22.1 Å². The van der Waals surface area contributed by atoms with Crippen molar-refractivity contribution in [1.29, 1.82) is 0 Å². The number of aromatic nitrogens is 2. The molecule has 2 atom stereocenters. The maximum atomic E-state index is 12.9. The summed E-state index contributed by atoms with van der Waals surface area (Å²) in [5.74, 6) is -0.118. The summed E-state index contributed by atoms with van der Waals surface area (Å²) in [6.07, 6.45) is 4.66. The van der Waals surface area contributed by atoms with Crippen molar-refractivity contribution in [3.63, 3.8) is 0 Å². The number of furan rings is 1. The van der Waals surface area contributed by atoms with E-state index >= 15 is 0 Å². The van der Waals surface area contributed by atoms with Gasteiger partial charge in [0.15, 0.2) is 12.4 Å². The maximum absolute atomic E-state index is 12.9. The van der Waals surface area contributed by atoms with E-state index in [1.54, 1.807) is 25.1 Å². The summed E-state index contributed by atoms with van der Waals surface area (Å²) in [5.41, 5.74) is 5.03. The van der Waals surface area contributed by atoms with Crippen molar-refractivity contribution in [2.45, 2.75) is 47.0 Å². The van der Waals surface area contributed by atoms with Gasteiger partial charge >= 0.3 is 5.97 Å². The fourth-order valence-corrected chi connectivity index (χ4v) is 5.27. The third-order valence-corrected chi connectivity index (χ3v) is 7.77. The van der Waals surface area contributed by atoms with Crippen LogP contribution in [-0.4, -0.2) is 34.3 Å². The van der Waals surface area contributed by atoms with E-state index in [9.17, 15) is 9.59 Å². The van der Waals surface area contributed by atoms with Crippen LogP contribution in [0.25, 0.3) is 22.6 Å². The Hall–Kier alpha value is -3.49. The summed E-state index contributed by atoms with van der Waals surface area (Å²) in [5, 5.41) is 8.74. The number of hydrazone groups is 1. The van der Waals surface area contributed by atoms with Crippen LogP contribution in [0.1, 0.15) is 56.1 Å². The van der Waals surface area contributed by atoms with E-state index in [1.807, 2.05) is 0 Å². The number of aryl methyl sites for hydroxylation is 1. The van der Waals surface area contributed by atoms with Gasteiger partial charge in [-0.2, -0.15) is 5.10 Å². The first-order chi connectivity index (χ1) is 15.7. The van der Waals surface area contributed by atoms with E-state index in [0.717, 1.165) is 18.6 Å². The van der Waals surface area contributed by atoms with Crippen LogP contribution in [0.4, 0.5) is 0 Å². The Morgan fingerprint density at radius 3 is 2.82 bits per heavy atom. The Kier molecular flexibility index (Phi) is 4.88. The topological polar surface area (TPSA) is 120 Å². The molecule has 2 aliphatic carbocycles. The minimum absolute atomic E-state index is 0.0155. The number of amides is 1. The van der Waals surface area contributed by atoms with Gasteiger partial charge in [-0.1, -0.05) is 25.9 Å².